The summed E-state index contributed by atoms with van der Waals surface area (Å²) in [6.07, 6.45) is -5.54. The molecule has 1 aliphatic rings. The minimum absolute atomic E-state index is 0.0161. The van der Waals surface area contributed by atoms with Crippen molar-refractivity contribution >= 4 is 38.7 Å². The van der Waals surface area contributed by atoms with Crippen LogP contribution in [-0.4, -0.2) is 60.8 Å². The first kappa shape index (κ1) is 33.3. The van der Waals surface area contributed by atoms with Crippen molar-refractivity contribution in [3.05, 3.63) is 102 Å². The molecule has 2 N–H and O–H groups in total. The van der Waals surface area contributed by atoms with Gasteiger partial charge in [-0.05, 0) is 61.9 Å². The molecule has 0 radical (unpaired) electrons. The Morgan fingerprint density at radius 3 is 2.36 bits per heavy atom. The normalized spacial score (nSPS) is 17.1. The molecule has 15 heteroatoms. The molecule has 0 aliphatic carbocycles. The summed E-state index contributed by atoms with van der Waals surface area (Å²) in [7, 11) is -4.05. The van der Waals surface area contributed by atoms with Gasteiger partial charge in [-0.1, -0.05) is 36.4 Å². The van der Waals surface area contributed by atoms with Crippen molar-refractivity contribution in [1.29, 1.82) is 0 Å². The van der Waals surface area contributed by atoms with Crippen LogP contribution in [0.2, 0.25) is 0 Å². The van der Waals surface area contributed by atoms with E-state index in [9.17, 15) is 36.0 Å². The molecule has 11 nitrogen and oxygen atoms in total. The smallest absolute Gasteiger partial charge is 0.489 e. The number of ether oxygens (including phenoxy) is 1. The zero-order valence-electron chi connectivity index (χ0n) is 24.9. The minimum Gasteiger partial charge on any atom is -0.489 e. The van der Waals surface area contributed by atoms with Crippen molar-refractivity contribution in [2.45, 2.75) is 37.1 Å². The monoisotopic (exact) mass is 670 g/mol. The molecule has 0 spiro atoms. The van der Waals surface area contributed by atoms with Gasteiger partial charge in [-0.3, -0.25) is 14.6 Å². The zero-order valence-corrected chi connectivity index (χ0v) is 25.7. The van der Waals surface area contributed by atoms with Crippen molar-refractivity contribution < 1.29 is 45.5 Å². The molecule has 2 heterocycles. The van der Waals surface area contributed by atoms with Crippen molar-refractivity contribution in [3.8, 4) is 5.75 Å². The number of halogens is 3. The number of aromatic nitrogens is 1. The molecule has 246 valence electrons. The van der Waals surface area contributed by atoms with E-state index >= 15 is 0 Å². The fraction of sp³-hybridized carbons (Fsp3) is 0.250. The van der Waals surface area contributed by atoms with E-state index in [1.165, 1.54) is 41.9 Å². The number of nitrogens with zero attached hydrogens (tertiary/aromatic N) is 2. The molecule has 1 aromatic heterocycles. The average Bonchev–Trinajstić information content (AvgIpc) is 3.06. The van der Waals surface area contributed by atoms with Gasteiger partial charge in [0.1, 0.15) is 12.4 Å². The van der Waals surface area contributed by atoms with Gasteiger partial charge in [0.2, 0.25) is 10.0 Å². The predicted molar refractivity (Wildman–Crippen MR) is 162 cm³/mol. The quantitative estimate of drug-likeness (QED) is 0.267. The van der Waals surface area contributed by atoms with Gasteiger partial charge in [0.05, 0.1) is 22.4 Å². The first-order valence-corrected chi connectivity index (χ1v) is 15.8. The summed E-state index contributed by atoms with van der Waals surface area (Å²) >= 11 is 0. The molecule has 2 amide bonds. The second kappa shape index (κ2) is 13.8. The molecule has 2 atom stereocenters. The van der Waals surface area contributed by atoms with Gasteiger partial charge in [-0.2, -0.15) is 23.0 Å². The number of piperidine rings is 1. The van der Waals surface area contributed by atoms with E-state index in [0.29, 0.717) is 5.75 Å². The molecule has 0 unspecified atom stereocenters. The maximum absolute atomic E-state index is 13.3. The number of hydrogen-bond acceptors (Lipinski definition) is 8. The highest BCUT2D eigenvalue weighted by Gasteiger charge is 2.44. The molecular formula is C32H29F3N4O7S. The van der Waals surface area contributed by atoms with Crippen LogP contribution in [0.4, 0.5) is 13.2 Å². The number of pyridine rings is 1. The van der Waals surface area contributed by atoms with Crippen molar-refractivity contribution in [3.63, 3.8) is 0 Å². The van der Waals surface area contributed by atoms with Crippen LogP contribution in [0, 0.1) is 12.8 Å². The highest BCUT2D eigenvalue weighted by molar-refractivity contribution is 7.89. The number of alkyl halides is 3. The Morgan fingerprint density at radius 2 is 1.66 bits per heavy atom. The molecular weight excluding hydrogens is 641 g/mol. The number of para-hydroxylation sites is 1. The fourth-order valence-electron chi connectivity index (χ4n) is 5.20. The Balaban J connectivity index is 1.30. The van der Waals surface area contributed by atoms with Gasteiger partial charge < -0.3 is 14.9 Å². The van der Waals surface area contributed by atoms with Gasteiger partial charge >= 0.3 is 12.1 Å². The largest absolute Gasteiger partial charge is 0.493 e. The highest BCUT2D eigenvalue weighted by Crippen LogP contribution is 2.26. The lowest BCUT2D eigenvalue weighted by Gasteiger charge is -2.37. The summed E-state index contributed by atoms with van der Waals surface area (Å²) in [6, 6.07) is 22.0. The molecule has 1 fully saturated rings. The number of nitrogens with one attached hydrogen (secondary N) is 2. The number of benzene rings is 3. The van der Waals surface area contributed by atoms with Crippen LogP contribution < -0.4 is 15.5 Å². The Hall–Kier alpha value is -5.02. The lowest BCUT2D eigenvalue weighted by Crippen LogP contribution is -2.57. The van der Waals surface area contributed by atoms with E-state index in [1.54, 1.807) is 18.2 Å². The van der Waals surface area contributed by atoms with Gasteiger partial charge in [0.15, 0.2) is 0 Å². The molecule has 3 aromatic carbocycles. The number of carbonyl (C=O) groups excluding carboxylic acids is 3. The van der Waals surface area contributed by atoms with Crippen LogP contribution in [0.15, 0.2) is 89.8 Å². The van der Waals surface area contributed by atoms with Gasteiger partial charge in [-0.25, -0.2) is 13.2 Å². The fourth-order valence-corrected chi connectivity index (χ4v) is 6.70. The van der Waals surface area contributed by atoms with Crippen molar-refractivity contribution in [2.24, 2.45) is 5.92 Å². The topological polar surface area (TPSA) is 144 Å². The van der Waals surface area contributed by atoms with Crippen LogP contribution >= 0.6 is 0 Å². The Morgan fingerprint density at radius 1 is 0.979 bits per heavy atom. The first-order chi connectivity index (χ1) is 22.3. The van der Waals surface area contributed by atoms with Crippen LogP contribution in [0.3, 0.4) is 0 Å². The number of carbonyl (C=O) groups is 3. The Labute approximate surface area is 267 Å². The van der Waals surface area contributed by atoms with Gasteiger partial charge in [0, 0.05) is 35.3 Å². The molecule has 5 rings (SSSR count). The second-order valence-corrected chi connectivity index (χ2v) is 12.7. The van der Waals surface area contributed by atoms with Crippen LogP contribution in [0.25, 0.3) is 10.9 Å². The number of fused-ring (bicyclic) bond motifs is 1. The number of hydrogen-bond donors (Lipinski definition) is 2. The standard InChI is InChI=1S/C32H29F3N4O7S/c1-20-17-22(25-9-5-6-10-27(25)36-20)19-45-23-13-11-21(12-14-23)29(40)37-28-18-39(47(43,44)24-7-3-2-4-8-24)16-15-26(28)30(41)38-46-31(42)32(33,34)35/h2-14,17,26,28H,15-16,18-19H2,1H3,(H,37,40)(H,38,41)/t26-,28+/m0/s1. The number of hydroxylamine groups is 1. The van der Waals surface area contributed by atoms with Crippen LogP contribution in [0.5, 0.6) is 5.75 Å². The molecule has 47 heavy (non-hydrogen) atoms. The van der Waals surface area contributed by atoms with Crippen molar-refractivity contribution in [2.75, 3.05) is 13.1 Å². The molecule has 0 bridgehead atoms. The molecule has 0 saturated carbocycles. The van der Waals surface area contributed by atoms with Crippen LogP contribution in [0.1, 0.15) is 28.0 Å². The summed E-state index contributed by atoms with van der Waals surface area (Å²) < 4.78 is 71.4. The third kappa shape index (κ3) is 7.86. The number of amides is 2. The summed E-state index contributed by atoms with van der Waals surface area (Å²) in [5.41, 5.74) is 4.22. The summed E-state index contributed by atoms with van der Waals surface area (Å²) in [4.78, 5) is 45.6. The van der Waals surface area contributed by atoms with Crippen molar-refractivity contribution in [1.82, 2.24) is 20.1 Å². The third-order valence-corrected chi connectivity index (χ3v) is 9.41. The van der Waals surface area contributed by atoms with E-state index < -0.39 is 45.9 Å². The Kier molecular flexibility index (Phi) is 9.77. The first-order valence-electron chi connectivity index (χ1n) is 14.3. The lowest BCUT2D eigenvalue weighted by atomic mass is 9.91. The van der Waals surface area contributed by atoms with Crippen LogP contribution in [-0.2, 0) is 31.1 Å². The molecule has 4 aromatic rings. The van der Waals surface area contributed by atoms with E-state index in [4.69, 9.17) is 4.74 Å². The summed E-state index contributed by atoms with van der Waals surface area (Å²) in [5.74, 6) is -5.22. The number of rotatable bonds is 8. The average molecular weight is 671 g/mol. The van der Waals surface area contributed by atoms with E-state index in [0.717, 1.165) is 26.5 Å². The van der Waals surface area contributed by atoms with Gasteiger partial charge in [-0.15, -0.1) is 0 Å². The Bertz CT molecular complexity index is 1890. The zero-order chi connectivity index (χ0) is 33.8. The van der Waals surface area contributed by atoms with E-state index in [1.807, 2.05) is 37.3 Å². The summed E-state index contributed by atoms with van der Waals surface area (Å²) in [6.45, 7) is 1.55. The number of sulfonamides is 1. The highest BCUT2D eigenvalue weighted by atomic mass is 32.2. The molecule has 1 aliphatic heterocycles. The maximum Gasteiger partial charge on any atom is 0.493 e. The summed E-state index contributed by atoms with van der Waals surface area (Å²) in [5, 5.41) is 3.57. The SMILES string of the molecule is Cc1cc(COc2ccc(C(=O)N[C@@H]3CN(S(=O)(=O)c4ccccc4)CC[C@@H]3C(=O)NOC(=O)C(F)(F)F)cc2)c2ccccc2n1. The maximum atomic E-state index is 13.3. The van der Waals surface area contributed by atoms with E-state index in [2.05, 4.69) is 15.1 Å². The third-order valence-electron chi connectivity index (χ3n) is 7.53. The lowest BCUT2D eigenvalue weighted by molar-refractivity contribution is -0.208. The second-order valence-electron chi connectivity index (χ2n) is 10.8. The number of aryl methyl sites for hydroxylation is 1. The minimum atomic E-state index is -5.35. The van der Waals surface area contributed by atoms with E-state index in [-0.39, 0.29) is 36.6 Å². The van der Waals surface area contributed by atoms with Gasteiger partial charge in [0.25, 0.3) is 11.8 Å². The molecule has 1 saturated heterocycles. The predicted octanol–water partition coefficient (Wildman–Crippen LogP) is 4.07.